The van der Waals surface area contributed by atoms with Gasteiger partial charge in [-0.2, -0.15) is 13.2 Å². The second-order valence-corrected chi connectivity index (χ2v) is 6.03. The van der Waals surface area contributed by atoms with Crippen LogP contribution in [0.25, 0.3) is 0 Å². The number of amides is 1. The van der Waals surface area contributed by atoms with E-state index in [1.54, 1.807) is 4.90 Å². The fourth-order valence-electron chi connectivity index (χ4n) is 3.18. The fourth-order valence-corrected chi connectivity index (χ4v) is 3.18. The summed E-state index contributed by atoms with van der Waals surface area (Å²) in [5, 5.41) is 0. The number of alkyl halides is 3. The van der Waals surface area contributed by atoms with Crippen LogP contribution in [0.4, 0.5) is 19.1 Å². The minimum atomic E-state index is -4.47. The molecule has 0 atom stereocenters. The van der Waals surface area contributed by atoms with Gasteiger partial charge in [0, 0.05) is 38.3 Å². The maximum absolute atomic E-state index is 12.7. The van der Waals surface area contributed by atoms with Crippen molar-refractivity contribution < 1.29 is 18.0 Å². The maximum atomic E-state index is 12.7. The van der Waals surface area contributed by atoms with Crippen LogP contribution in [0.5, 0.6) is 0 Å². The second-order valence-electron chi connectivity index (χ2n) is 6.03. The SMILES string of the molecule is O=C(C1CCN(c2nccc(C(F)(F)F)n2)CC1)N1CCCC1. The van der Waals surface area contributed by atoms with E-state index < -0.39 is 11.9 Å². The van der Waals surface area contributed by atoms with E-state index in [9.17, 15) is 18.0 Å². The molecule has 0 N–H and O–H groups in total. The summed E-state index contributed by atoms with van der Waals surface area (Å²) in [7, 11) is 0. The van der Waals surface area contributed by atoms with Crippen LogP contribution in [0, 0.1) is 5.92 Å². The molecule has 1 amide bonds. The number of halogens is 3. The number of piperidine rings is 1. The summed E-state index contributed by atoms with van der Waals surface area (Å²) >= 11 is 0. The molecule has 2 saturated heterocycles. The number of hydrogen-bond donors (Lipinski definition) is 0. The van der Waals surface area contributed by atoms with Crippen LogP contribution < -0.4 is 4.90 Å². The van der Waals surface area contributed by atoms with Crippen LogP contribution in [0.15, 0.2) is 12.3 Å². The summed E-state index contributed by atoms with van der Waals surface area (Å²) in [6, 6.07) is 0.868. The van der Waals surface area contributed by atoms with Gasteiger partial charge in [-0.15, -0.1) is 0 Å². The van der Waals surface area contributed by atoms with Gasteiger partial charge < -0.3 is 9.80 Å². The number of carbonyl (C=O) groups excluding carboxylic acids is 1. The molecule has 0 unspecified atom stereocenters. The van der Waals surface area contributed by atoms with Gasteiger partial charge in [-0.1, -0.05) is 0 Å². The van der Waals surface area contributed by atoms with Crippen LogP contribution in [-0.4, -0.2) is 47.0 Å². The molecule has 1 aromatic heterocycles. The molecule has 0 aromatic carbocycles. The van der Waals surface area contributed by atoms with E-state index in [1.165, 1.54) is 0 Å². The van der Waals surface area contributed by atoms with E-state index >= 15 is 0 Å². The van der Waals surface area contributed by atoms with Crippen molar-refractivity contribution in [3.05, 3.63) is 18.0 Å². The zero-order valence-electron chi connectivity index (χ0n) is 12.7. The van der Waals surface area contributed by atoms with Gasteiger partial charge in [-0.05, 0) is 31.7 Å². The van der Waals surface area contributed by atoms with Crippen LogP contribution in [0.1, 0.15) is 31.4 Å². The molecule has 1 aromatic rings. The van der Waals surface area contributed by atoms with Gasteiger partial charge in [0.2, 0.25) is 11.9 Å². The van der Waals surface area contributed by atoms with Gasteiger partial charge in [-0.25, -0.2) is 9.97 Å². The van der Waals surface area contributed by atoms with E-state index in [1.807, 2.05) is 4.90 Å². The highest BCUT2D eigenvalue weighted by Crippen LogP contribution is 2.29. The Labute approximate surface area is 132 Å². The number of carbonyl (C=O) groups is 1. The van der Waals surface area contributed by atoms with Gasteiger partial charge in [0.1, 0.15) is 5.69 Å². The van der Waals surface area contributed by atoms with Crippen LogP contribution in [0.3, 0.4) is 0 Å². The van der Waals surface area contributed by atoms with Crippen molar-refractivity contribution in [1.82, 2.24) is 14.9 Å². The number of likely N-dealkylation sites (tertiary alicyclic amines) is 1. The highest BCUT2D eigenvalue weighted by molar-refractivity contribution is 5.79. The van der Waals surface area contributed by atoms with Crippen LogP contribution >= 0.6 is 0 Å². The Kier molecular flexibility index (Phi) is 4.41. The van der Waals surface area contributed by atoms with Crippen molar-refractivity contribution in [2.75, 3.05) is 31.1 Å². The molecule has 8 heteroatoms. The molecule has 2 fully saturated rings. The van der Waals surface area contributed by atoms with Crippen molar-refractivity contribution in [3.8, 4) is 0 Å². The average Bonchev–Trinajstić information content (AvgIpc) is 3.08. The molecule has 3 rings (SSSR count). The Morgan fingerprint density at radius 1 is 1.13 bits per heavy atom. The monoisotopic (exact) mass is 328 g/mol. The lowest BCUT2D eigenvalue weighted by Gasteiger charge is -2.33. The number of aromatic nitrogens is 2. The van der Waals surface area contributed by atoms with Gasteiger partial charge in [-0.3, -0.25) is 4.79 Å². The van der Waals surface area contributed by atoms with Crippen LogP contribution in [-0.2, 0) is 11.0 Å². The molecule has 23 heavy (non-hydrogen) atoms. The van der Waals surface area contributed by atoms with Gasteiger partial charge in [0.25, 0.3) is 0 Å². The first-order valence-corrected chi connectivity index (χ1v) is 7.89. The van der Waals surface area contributed by atoms with E-state index in [4.69, 9.17) is 0 Å². The molecule has 2 aliphatic rings. The molecule has 0 radical (unpaired) electrons. The predicted molar refractivity (Wildman–Crippen MR) is 77.8 cm³/mol. The lowest BCUT2D eigenvalue weighted by atomic mass is 9.95. The van der Waals surface area contributed by atoms with Gasteiger partial charge in [0.05, 0.1) is 0 Å². The normalized spacial score (nSPS) is 20.1. The van der Waals surface area contributed by atoms with Crippen molar-refractivity contribution >= 4 is 11.9 Å². The molecule has 0 spiro atoms. The minimum absolute atomic E-state index is 0.0323. The van der Waals surface area contributed by atoms with Gasteiger partial charge in [0.15, 0.2) is 0 Å². The molecule has 0 bridgehead atoms. The summed E-state index contributed by atoms with van der Waals surface area (Å²) in [5.41, 5.74) is -0.933. The van der Waals surface area contributed by atoms with E-state index in [0.29, 0.717) is 25.9 Å². The largest absolute Gasteiger partial charge is 0.433 e. The summed E-state index contributed by atoms with van der Waals surface area (Å²) in [5.74, 6) is 0.245. The fraction of sp³-hybridized carbons (Fsp3) is 0.667. The van der Waals surface area contributed by atoms with Crippen molar-refractivity contribution in [2.45, 2.75) is 31.9 Å². The Morgan fingerprint density at radius 3 is 2.39 bits per heavy atom. The van der Waals surface area contributed by atoms with Crippen molar-refractivity contribution in [3.63, 3.8) is 0 Å². The van der Waals surface area contributed by atoms with E-state index in [-0.39, 0.29) is 17.8 Å². The van der Waals surface area contributed by atoms with Crippen molar-refractivity contribution in [2.24, 2.45) is 5.92 Å². The molecular weight excluding hydrogens is 309 g/mol. The highest BCUT2D eigenvalue weighted by Gasteiger charge is 2.34. The third-order valence-corrected chi connectivity index (χ3v) is 4.48. The Hall–Kier alpha value is -1.86. The molecule has 126 valence electrons. The average molecular weight is 328 g/mol. The smallest absolute Gasteiger partial charge is 0.342 e. The topological polar surface area (TPSA) is 49.3 Å². The maximum Gasteiger partial charge on any atom is 0.433 e. The lowest BCUT2D eigenvalue weighted by Crippen LogP contribution is -2.42. The Balaban J connectivity index is 1.61. The lowest BCUT2D eigenvalue weighted by molar-refractivity contribution is -0.141. The predicted octanol–water partition coefficient (Wildman–Crippen LogP) is 2.33. The summed E-state index contributed by atoms with van der Waals surface area (Å²) in [6.45, 7) is 2.67. The zero-order chi connectivity index (χ0) is 16.4. The standard InChI is InChI=1S/C15H19F3N4O/c16-15(17,18)12-3-6-19-14(20-12)22-9-4-11(5-10-22)13(23)21-7-1-2-8-21/h3,6,11H,1-2,4-5,7-10H2. The molecule has 5 nitrogen and oxygen atoms in total. The first-order chi connectivity index (χ1) is 10.9. The first-order valence-electron chi connectivity index (χ1n) is 7.89. The summed E-state index contributed by atoms with van der Waals surface area (Å²) < 4.78 is 38.2. The third-order valence-electron chi connectivity index (χ3n) is 4.48. The molecule has 2 aliphatic heterocycles. The number of anilines is 1. The zero-order valence-corrected chi connectivity index (χ0v) is 12.7. The van der Waals surface area contributed by atoms with Crippen molar-refractivity contribution in [1.29, 1.82) is 0 Å². The highest BCUT2D eigenvalue weighted by atomic mass is 19.4. The van der Waals surface area contributed by atoms with Gasteiger partial charge >= 0.3 is 6.18 Å². The molecule has 0 aliphatic carbocycles. The number of rotatable bonds is 2. The molecule has 3 heterocycles. The van der Waals surface area contributed by atoms with E-state index in [0.717, 1.165) is 38.2 Å². The summed E-state index contributed by atoms with van der Waals surface area (Å²) in [6.07, 6.45) is 0.0452. The Morgan fingerprint density at radius 2 is 1.78 bits per heavy atom. The van der Waals surface area contributed by atoms with E-state index in [2.05, 4.69) is 9.97 Å². The quantitative estimate of drug-likeness (QED) is 0.836. The second kappa shape index (κ2) is 6.33. The molecule has 0 saturated carbocycles. The number of hydrogen-bond acceptors (Lipinski definition) is 4. The Bertz CT molecular complexity index is 564. The third kappa shape index (κ3) is 3.56. The first kappa shape index (κ1) is 16.0. The van der Waals surface area contributed by atoms with Crippen LogP contribution in [0.2, 0.25) is 0 Å². The minimum Gasteiger partial charge on any atom is -0.342 e. The number of nitrogens with zero attached hydrogens (tertiary/aromatic N) is 4. The summed E-state index contributed by atoms with van der Waals surface area (Å²) in [4.78, 5) is 23.5. The molecular formula is C15H19F3N4O.